The molecule has 4 nitrogen and oxygen atoms in total. The van der Waals surface area contributed by atoms with Crippen LogP contribution in [0.5, 0.6) is 0 Å². The molecule has 1 aromatic carbocycles. The van der Waals surface area contributed by atoms with E-state index in [9.17, 15) is 13.2 Å². The van der Waals surface area contributed by atoms with Crippen LogP contribution in [0.25, 0.3) is 0 Å². The molecule has 0 aliphatic carbocycles. The molecule has 0 saturated heterocycles. The molecule has 0 radical (unpaired) electrons. The van der Waals surface area contributed by atoms with Crippen LogP contribution in [0.3, 0.4) is 0 Å². The number of halogens is 1. The molecule has 1 aromatic rings. The molecule has 0 heterocycles. The topological polar surface area (TPSA) is 71.4 Å². The van der Waals surface area contributed by atoms with Gasteiger partial charge >= 0.3 is 5.97 Å². The van der Waals surface area contributed by atoms with Crippen molar-refractivity contribution >= 4 is 27.4 Å². The molecule has 1 rings (SSSR count). The van der Waals surface area contributed by atoms with Crippen LogP contribution in [-0.2, 0) is 9.84 Å². The average Bonchev–Trinajstić information content (AvgIpc) is 2.28. The van der Waals surface area contributed by atoms with Gasteiger partial charge in [-0.05, 0) is 31.5 Å². The molecule has 0 aliphatic rings. The van der Waals surface area contributed by atoms with Gasteiger partial charge in [0.05, 0.1) is 20.7 Å². The van der Waals surface area contributed by atoms with Gasteiger partial charge in [0, 0.05) is 0 Å². The SMILES string of the molecule is CCCC(C)S(=O)(=O)c1ccc(C(=O)O)c(Cl)c1. The van der Waals surface area contributed by atoms with Crippen molar-refractivity contribution < 1.29 is 18.3 Å². The summed E-state index contributed by atoms with van der Waals surface area (Å²) in [5.41, 5.74) is -0.0984. The Morgan fingerprint density at radius 3 is 2.50 bits per heavy atom. The minimum atomic E-state index is -3.44. The molecule has 0 bridgehead atoms. The second kappa shape index (κ2) is 5.71. The van der Waals surface area contributed by atoms with Crippen molar-refractivity contribution in [2.75, 3.05) is 0 Å². The van der Waals surface area contributed by atoms with Gasteiger partial charge in [-0.15, -0.1) is 0 Å². The highest BCUT2D eigenvalue weighted by Crippen LogP contribution is 2.25. The van der Waals surface area contributed by atoms with Crippen molar-refractivity contribution in [3.8, 4) is 0 Å². The van der Waals surface area contributed by atoms with E-state index in [0.29, 0.717) is 6.42 Å². The first-order valence-corrected chi connectivity index (χ1v) is 7.49. The van der Waals surface area contributed by atoms with E-state index in [1.54, 1.807) is 6.92 Å². The number of carbonyl (C=O) groups is 1. The molecule has 0 aromatic heterocycles. The lowest BCUT2D eigenvalue weighted by atomic mass is 10.2. The van der Waals surface area contributed by atoms with Crippen LogP contribution in [0.2, 0.25) is 5.02 Å². The maximum absolute atomic E-state index is 12.1. The summed E-state index contributed by atoms with van der Waals surface area (Å²) in [6, 6.07) is 3.71. The Kier molecular flexibility index (Phi) is 4.76. The summed E-state index contributed by atoms with van der Waals surface area (Å²) in [6.07, 6.45) is 1.32. The Morgan fingerprint density at radius 2 is 2.06 bits per heavy atom. The normalized spacial score (nSPS) is 13.3. The van der Waals surface area contributed by atoms with Crippen LogP contribution in [0.4, 0.5) is 0 Å². The van der Waals surface area contributed by atoms with Crippen molar-refractivity contribution in [3.63, 3.8) is 0 Å². The summed E-state index contributed by atoms with van der Waals surface area (Å²) in [5, 5.41) is 8.25. The highest BCUT2D eigenvalue weighted by molar-refractivity contribution is 7.92. The molecule has 1 atom stereocenters. The van der Waals surface area contributed by atoms with Crippen LogP contribution in [0.1, 0.15) is 37.0 Å². The van der Waals surface area contributed by atoms with Crippen LogP contribution in [-0.4, -0.2) is 24.7 Å². The second-order valence-corrected chi connectivity index (χ2v) is 6.86. The minimum absolute atomic E-state index is 0.0627. The quantitative estimate of drug-likeness (QED) is 0.905. The lowest BCUT2D eigenvalue weighted by Crippen LogP contribution is -2.18. The molecule has 0 fully saturated rings. The maximum Gasteiger partial charge on any atom is 0.337 e. The van der Waals surface area contributed by atoms with Gasteiger partial charge in [0.2, 0.25) is 0 Å². The summed E-state index contributed by atoms with van der Waals surface area (Å²) < 4.78 is 24.3. The smallest absolute Gasteiger partial charge is 0.337 e. The zero-order chi connectivity index (χ0) is 13.9. The van der Waals surface area contributed by atoms with Gasteiger partial charge in [-0.3, -0.25) is 0 Å². The fourth-order valence-corrected chi connectivity index (χ4v) is 3.52. The predicted molar refractivity (Wildman–Crippen MR) is 70.0 cm³/mol. The fraction of sp³-hybridized carbons (Fsp3) is 0.417. The zero-order valence-electron chi connectivity index (χ0n) is 10.2. The molecule has 100 valence electrons. The number of benzene rings is 1. The number of rotatable bonds is 5. The number of sulfone groups is 1. The third-order valence-electron chi connectivity index (χ3n) is 2.72. The zero-order valence-corrected chi connectivity index (χ0v) is 11.8. The average molecular weight is 291 g/mol. The highest BCUT2D eigenvalue weighted by Gasteiger charge is 2.23. The van der Waals surface area contributed by atoms with Gasteiger partial charge in [-0.25, -0.2) is 13.2 Å². The fourth-order valence-electron chi connectivity index (χ4n) is 1.64. The number of carboxylic acids is 1. The Hall–Kier alpha value is -1.07. The number of hydrogen-bond acceptors (Lipinski definition) is 3. The highest BCUT2D eigenvalue weighted by atomic mass is 35.5. The Balaban J connectivity index is 3.19. The Bertz CT molecular complexity index is 551. The number of carboxylic acid groups (broad SMARTS) is 1. The van der Waals surface area contributed by atoms with E-state index in [0.717, 1.165) is 6.42 Å². The lowest BCUT2D eigenvalue weighted by Gasteiger charge is -2.12. The van der Waals surface area contributed by atoms with E-state index < -0.39 is 21.1 Å². The van der Waals surface area contributed by atoms with Crippen LogP contribution < -0.4 is 0 Å². The van der Waals surface area contributed by atoms with Crippen molar-refractivity contribution in [2.45, 2.75) is 36.8 Å². The molecule has 1 N–H and O–H groups in total. The number of aromatic carboxylic acids is 1. The summed E-state index contributed by atoms with van der Waals surface area (Å²) in [6.45, 7) is 3.55. The molecular formula is C12H15ClO4S. The molecule has 18 heavy (non-hydrogen) atoms. The van der Waals surface area contributed by atoms with Crippen molar-refractivity contribution in [1.29, 1.82) is 0 Å². The standard InChI is InChI=1S/C12H15ClO4S/c1-3-4-8(2)18(16,17)9-5-6-10(12(14)15)11(13)7-9/h5-8H,3-4H2,1-2H3,(H,14,15). The molecule has 0 spiro atoms. The summed E-state index contributed by atoms with van der Waals surface area (Å²) in [4.78, 5) is 10.9. The van der Waals surface area contributed by atoms with E-state index in [-0.39, 0.29) is 15.5 Å². The Morgan fingerprint density at radius 1 is 1.44 bits per heavy atom. The van der Waals surface area contributed by atoms with E-state index in [1.165, 1.54) is 18.2 Å². The monoisotopic (exact) mass is 290 g/mol. The van der Waals surface area contributed by atoms with Crippen molar-refractivity contribution in [2.24, 2.45) is 0 Å². The lowest BCUT2D eigenvalue weighted by molar-refractivity contribution is 0.0697. The van der Waals surface area contributed by atoms with Crippen LogP contribution >= 0.6 is 11.6 Å². The van der Waals surface area contributed by atoms with E-state index in [2.05, 4.69) is 0 Å². The predicted octanol–water partition coefficient (Wildman–Crippen LogP) is 3.00. The molecule has 0 aliphatic heterocycles. The first kappa shape index (κ1) is 15.0. The van der Waals surface area contributed by atoms with Gasteiger partial charge in [-0.1, -0.05) is 24.9 Å². The third-order valence-corrected chi connectivity index (χ3v) is 5.24. The Labute approximate surface area is 112 Å². The van der Waals surface area contributed by atoms with E-state index in [4.69, 9.17) is 16.7 Å². The van der Waals surface area contributed by atoms with Gasteiger partial charge in [0.15, 0.2) is 9.84 Å². The molecular weight excluding hydrogens is 276 g/mol. The third kappa shape index (κ3) is 3.03. The summed E-state index contributed by atoms with van der Waals surface area (Å²) >= 11 is 5.77. The second-order valence-electron chi connectivity index (χ2n) is 4.09. The molecule has 1 unspecified atom stereocenters. The van der Waals surface area contributed by atoms with Crippen LogP contribution in [0, 0.1) is 0 Å². The van der Waals surface area contributed by atoms with Gasteiger partial charge in [0.25, 0.3) is 0 Å². The first-order chi connectivity index (χ1) is 8.30. The molecule has 6 heteroatoms. The van der Waals surface area contributed by atoms with Gasteiger partial charge in [0.1, 0.15) is 0 Å². The minimum Gasteiger partial charge on any atom is -0.478 e. The largest absolute Gasteiger partial charge is 0.478 e. The van der Waals surface area contributed by atoms with Crippen molar-refractivity contribution in [3.05, 3.63) is 28.8 Å². The van der Waals surface area contributed by atoms with Gasteiger partial charge in [-0.2, -0.15) is 0 Å². The van der Waals surface area contributed by atoms with Gasteiger partial charge < -0.3 is 5.11 Å². The van der Waals surface area contributed by atoms with Crippen molar-refractivity contribution in [1.82, 2.24) is 0 Å². The summed E-state index contributed by atoms with van der Waals surface area (Å²) in [7, 11) is -3.44. The molecule has 0 amide bonds. The molecule has 0 saturated carbocycles. The van der Waals surface area contributed by atoms with Crippen LogP contribution in [0.15, 0.2) is 23.1 Å². The number of hydrogen-bond donors (Lipinski definition) is 1. The maximum atomic E-state index is 12.1. The first-order valence-electron chi connectivity index (χ1n) is 5.57. The van der Waals surface area contributed by atoms with E-state index >= 15 is 0 Å². The van der Waals surface area contributed by atoms with E-state index in [1.807, 2.05) is 6.92 Å². The summed E-state index contributed by atoms with van der Waals surface area (Å²) in [5.74, 6) is -1.18.